The Morgan fingerprint density at radius 3 is 2.65 bits per heavy atom. The lowest BCUT2D eigenvalue weighted by Gasteiger charge is -2.07. The van der Waals surface area contributed by atoms with E-state index >= 15 is 0 Å². The van der Waals surface area contributed by atoms with Gasteiger partial charge in [0.15, 0.2) is 0 Å². The number of ether oxygens (including phenoxy) is 1. The molecule has 0 saturated heterocycles. The number of aromatic amines is 1. The van der Waals surface area contributed by atoms with Crippen molar-refractivity contribution in [1.29, 1.82) is 0 Å². The Hall–Kier alpha value is -1.29. The lowest BCUT2D eigenvalue weighted by atomic mass is 10.1. The van der Waals surface area contributed by atoms with Crippen molar-refractivity contribution in [3.63, 3.8) is 0 Å². The van der Waals surface area contributed by atoms with Gasteiger partial charge < -0.3 is 4.74 Å². The molecule has 0 spiro atoms. The van der Waals surface area contributed by atoms with E-state index in [0.29, 0.717) is 0 Å². The van der Waals surface area contributed by atoms with Crippen LogP contribution in [0.15, 0.2) is 28.7 Å². The molecule has 20 heavy (non-hydrogen) atoms. The van der Waals surface area contributed by atoms with E-state index < -0.39 is 0 Å². The predicted molar refractivity (Wildman–Crippen MR) is 85.3 cm³/mol. The summed E-state index contributed by atoms with van der Waals surface area (Å²) in [4.78, 5) is 0. The second kappa shape index (κ2) is 7.48. The molecule has 3 nitrogen and oxygen atoms in total. The first-order valence-corrected chi connectivity index (χ1v) is 7.85. The van der Waals surface area contributed by atoms with Crippen LogP contribution in [-0.2, 0) is 6.42 Å². The van der Waals surface area contributed by atoms with Gasteiger partial charge in [0.2, 0.25) is 0 Å². The van der Waals surface area contributed by atoms with Crippen LogP contribution < -0.4 is 4.74 Å². The number of halogens is 1. The van der Waals surface area contributed by atoms with Gasteiger partial charge in [0.1, 0.15) is 5.75 Å². The first-order chi connectivity index (χ1) is 9.68. The van der Waals surface area contributed by atoms with E-state index in [9.17, 15) is 0 Å². The van der Waals surface area contributed by atoms with Crippen LogP contribution in [0, 0.1) is 13.8 Å². The molecular weight excluding hydrogens is 316 g/mol. The second-order valence-electron chi connectivity index (χ2n) is 5.00. The number of hydrogen-bond donors (Lipinski definition) is 1. The van der Waals surface area contributed by atoms with E-state index in [2.05, 4.69) is 40.0 Å². The fraction of sp³-hybridized carbons (Fsp3) is 0.438. The van der Waals surface area contributed by atoms with Crippen molar-refractivity contribution in [2.75, 3.05) is 6.61 Å². The zero-order chi connectivity index (χ0) is 14.4. The van der Waals surface area contributed by atoms with E-state index in [0.717, 1.165) is 35.4 Å². The molecule has 0 aliphatic carbocycles. The smallest absolute Gasteiger partial charge is 0.133 e. The molecule has 0 aliphatic rings. The lowest BCUT2D eigenvalue weighted by molar-refractivity contribution is 0.303. The van der Waals surface area contributed by atoms with Gasteiger partial charge in [0.25, 0.3) is 0 Å². The highest BCUT2D eigenvalue weighted by atomic mass is 79.9. The molecule has 1 aromatic heterocycles. The lowest BCUT2D eigenvalue weighted by Crippen LogP contribution is -1.98. The van der Waals surface area contributed by atoms with Crippen molar-refractivity contribution in [2.45, 2.75) is 39.5 Å². The molecule has 1 heterocycles. The number of unbranched alkanes of at least 4 members (excludes halogenated alkanes) is 2. The quantitative estimate of drug-likeness (QED) is 0.751. The molecular formula is C16H21BrN2O. The average Bonchev–Trinajstić information content (AvgIpc) is 2.76. The van der Waals surface area contributed by atoms with Crippen molar-refractivity contribution < 1.29 is 4.74 Å². The molecule has 0 fully saturated rings. The second-order valence-corrected chi connectivity index (χ2v) is 5.86. The van der Waals surface area contributed by atoms with Crippen LogP contribution in [0.4, 0.5) is 0 Å². The van der Waals surface area contributed by atoms with E-state index in [-0.39, 0.29) is 0 Å². The summed E-state index contributed by atoms with van der Waals surface area (Å²) in [6, 6.07) is 7.97. The van der Waals surface area contributed by atoms with Gasteiger partial charge in [-0.15, -0.1) is 0 Å². The van der Waals surface area contributed by atoms with E-state index in [1.54, 1.807) is 0 Å². The van der Waals surface area contributed by atoms with Crippen LogP contribution in [0.25, 0.3) is 0 Å². The molecule has 0 bridgehead atoms. The normalized spacial score (nSPS) is 10.8. The Bertz CT molecular complexity index is 532. The third-order valence-electron chi connectivity index (χ3n) is 3.45. The van der Waals surface area contributed by atoms with Gasteiger partial charge in [0.05, 0.1) is 16.8 Å². The maximum absolute atomic E-state index is 5.76. The van der Waals surface area contributed by atoms with Gasteiger partial charge in [-0.05, 0) is 73.2 Å². The molecule has 0 amide bonds. The molecule has 108 valence electrons. The fourth-order valence-corrected chi connectivity index (χ4v) is 2.67. The first kappa shape index (κ1) is 15.1. The fourth-order valence-electron chi connectivity index (χ4n) is 2.27. The molecule has 1 aromatic carbocycles. The standard InChI is InChI=1S/C16H21BrN2O/c1-12-14(13(2)19-18-12)8-4-3-7-11-20-16-10-6-5-9-15(16)17/h5-6,9-10H,3-4,7-8,11H2,1-2H3,(H,18,19). The molecule has 0 unspecified atom stereocenters. The zero-order valence-corrected chi connectivity index (χ0v) is 13.7. The van der Waals surface area contributed by atoms with Crippen molar-refractivity contribution in [2.24, 2.45) is 0 Å². The topological polar surface area (TPSA) is 37.9 Å². The number of rotatable bonds is 7. The van der Waals surface area contributed by atoms with Crippen LogP contribution in [0.2, 0.25) is 0 Å². The van der Waals surface area contributed by atoms with Crippen LogP contribution >= 0.6 is 15.9 Å². The van der Waals surface area contributed by atoms with Gasteiger partial charge in [0, 0.05) is 5.69 Å². The number of para-hydroxylation sites is 1. The number of hydrogen-bond acceptors (Lipinski definition) is 2. The highest BCUT2D eigenvalue weighted by Gasteiger charge is 2.05. The van der Waals surface area contributed by atoms with Crippen molar-refractivity contribution in [3.05, 3.63) is 45.7 Å². The highest BCUT2D eigenvalue weighted by molar-refractivity contribution is 9.10. The molecule has 2 rings (SSSR count). The van der Waals surface area contributed by atoms with Crippen LogP contribution in [0.1, 0.15) is 36.2 Å². The minimum atomic E-state index is 0.770. The van der Waals surface area contributed by atoms with Crippen molar-refractivity contribution >= 4 is 15.9 Å². The average molecular weight is 337 g/mol. The Morgan fingerprint density at radius 1 is 1.15 bits per heavy atom. The van der Waals surface area contributed by atoms with Crippen LogP contribution in [-0.4, -0.2) is 16.8 Å². The van der Waals surface area contributed by atoms with Gasteiger partial charge in [-0.1, -0.05) is 12.1 Å². The van der Waals surface area contributed by atoms with Gasteiger partial charge in [-0.2, -0.15) is 5.10 Å². The third-order valence-corrected chi connectivity index (χ3v) is 4.10. The molecule has 0 atom stereocenters. The van der Waals surface area contributed by atoms with E-state index in [1.165, 1.54) is 24.1 Å². The number of aromatic nitrogens is 2. The van der Waals surface area contributed by atoms with E-state index in [4.69, 9.17) is 4.74 Å². The summed E-state index contributed by atoms with van der Waals surface area (Å²) in [6.45, 7) is 4.92. The summed E-state index contributed by atoms with van der Waals surface area (Å²) in [5, 5.41) is 7.26. The summed E-state index contributed by atoms with van der Waals surface area (Å²) < 4.78 is 6.77. The first-order valence-electron chi connectivity index (χ1n) is 7.06. The van der Waals surface area contributed by atoms with Crippen LogP contribution in [0.5, 0.6) is 5.75 Å². The minimum absolute atomic E-state index is 0.770. The molecule has 0 radical (unpaired) electrons. The SMILES string of the molecule is Cc1n[nH]c(C)c1CCCCCOc1ccccc1Br. The number of benzene rings is 1. The van der Waals surface area contributed by atoms with Gasteiger partial charge in [-0.25, -0.2) is 0 Å². The summed E-state index contributed by atoms with van der Waals surface area (Å²) in [7, 11) is 0. The van der Waals surface area contributed by atoms with Crippen molar-refractivity contribution in [1.82, 2.24) is 10.2 Å². The van der Waals surface area contributed by atoms with Crippen LogP contribution in [0.3, 0.4) is 0 Å². The number of nitrogens with zero attached hydrogens (tertiary/aromatic N) is 1. The summed E-state index contributed by atoms with van der Waals surface area (Å²) in [5.74, 6) is 0.925. The number of aryl methyl sites for hydroxylation is 2. The monoisotopic (exact) mass is 336 g/mol. The summed E-state index contributed by atoms with van der Waals surface area (Å²) >= 11 is 3.49. The molecule has 1 N–H and O–H groups in total. The van der Waals surface area contributed by atoms with Gasteiger partial charge in [-0.3, -0.25) is 5.10 Å². The number of H-pyrrole nitrogens is 1. The Kier molecular flexibility index (Phi) is 5.65. The van der Waals surface area contributed by atoms with Crippen molar-refractivity contribution in [3.8, 4) is 5.75 Å². The number of nitrogens with one attached hydrogen (secondary N) is 1. The third kappa shape index (κ3) is 4.10. The molecule has 2 aromatic rings. The minimum Gasteiger partial charge on any atom is -0.492 e. The molecule has 4 heteroatoms. The largest absolute Gasteiger partial charge is 0.492 e. The Morgan fingerprint density at radius 2 is 1.95 bits per heavy atom. The summed E-state index contributed by atoms with van der Waals surface area (Å²) in [6.07, 6.45) is 4.54. The van der Waals surface area contributed by atoms with Gasteiger partial charge >= 0.3 is 0 Å². The zero-order valence-electron chi connectivity index (χ0n) is 12.1. The summed E-state index contributed by atoms with van der Waals surface area (Å²) in [5.41, 5.74) is 3.70. The van der Waals surface area contributed by atoms with E-state index in [1.807, 2.05) is 24.3 Å². The Balaban J connectivity index is 1.64. The maximum atomic E-state index is 5.76. The highest BCUT2D eigenvalue weighted by Crippen LogP contribution is 2.24. The predicted octanol–water partition coefficient (Wildman–Crippen LogP) is 4.58. The maximum Gasteiger partial charge on any atom is 0.133 e. The molecule has 0 aliphatic heterocycles. The Labute approximate surface area is 128 Å². The molecule has 0 saturated carbocycles.